The average Bonchev–Trinajstić information content (AvgIpc) is 3.07. The van der Waals surface area contributed by atoms with Crippen LogP contribution in [-0.4, -0.2) is 50.5 Å². The van der Waals surface area contributed by atoms with Gasteiger partial charge in [0.25, 0.3) is 0 Å². The molecule has 0 atom stereocenters. The summed E-state index contributed by atoms with van der Waals surface area (Å²) in [5.74, 6) is 2.18. The van der Waals surface area contributed by atoms with Crippen LogP contribution in [0.5, 0.6) is 5.75 Å². The fourth-order valence-corrected chi connectivity index (χ4v) is 4.69. The van der Waals surface area contributed by atoms with Crippen molar-refractivity contribution >= 4 is 17.7 Å². The minimum Gasteiger partial charge on any atom is -0.497 e. The van der Waals surface area contributed by atoms with Gasteiger partial charge in [-0.05, 0) is 51.0 Å². The van der Waals surface area contributed by atoms with Crippen molar-refractivity contribution in [1.29, 1.82) is 0 Å². The van der Waals surface area contributed by atoms with Crippen LogP contribution in [0.1, 0.15) is 46.0 Å². The first-order chi connectivity index (χ1) is 13.5. The minimum absolute atomic E-state index is 0.195. The first-order valence-electron chi connectivity index (χ1n) is 9.99. The molecule has 0 aliphatic heterocycles. The SMILES string of the molecule is COc1ccc(-c2nnc(SCC(=O)N(C(C)C)C3CCCCC3)n2C)cc1. The van der Waals surface area contributed by atoms with Crippen molar-refractivity contribution in [3.8, 4) is 17.1 Å². The van der Waals surface area contributed by atoms with Gasteiger partial charge in [0.05, 0.1) is 12.9 Å². The summed E-state index contributed by atoms with van der Waals surface area (Å²) in [6.07, 6.45) is 5.99. The maximum atomic E-state index is 12.9. The molecule has 0 saturated heterocycles. The van der Waals surface area contributed by atoms with Crippen LogP contribution in [0.15, 0.2) is 29.4 Å². The predicted octanol–water partition coefficient (Wildman–Crippen LogP) is 4.15. The second-order valence-electron chi connectivity index (χ2n) is 7.57. The van der Waals surface area contributed by atoms with Crippen LogP contribution >= 0.6 is 11.8 Å². The molecule has 152 valence electrons. The van der Waals surface area contributed by atoms with Gasteiger partial charge in [0.15, 0.2) is 11.0 Å². The van der Waals surface area contributed by atoms with E-state index in [-0.39, 0.29) is 11.9 Å². The van der Waals surface area contributed by atoms with Gasteiger partial charge in [-0.1, -0.05) is 31.0 Å². The third kappa shape index (κ3) is 4.69. The van der Waals surface area contributed by atoms with E-state index in [4.69, 9.17) is 4.74 Å². The largest absolute Gasteiger partial charge is 0.497 e. The monoisotopic (exact) mass is 402 g/mol. The Morgan fingerprint density at radius 3 is 2.50 bits per heavy atom. The molecule has 1 amide bonds. The van der Waals surface area contributed by atoms with E-state index < -0.39 is 0 Å². The van der Waals surface area contributed by atoms with Crippen molar-refractivity contribution in [2.24, 2.45) is 7.05 Å². The van der Waals surface area contributed by atoms with Crippen LogP contribution in [0.3, 0.4) is 0 Å². The molecule has 0 N–H and O–H groups in total. The maximum Gasteiger partial charge on any atom is 0.233 e. The smallest absolute Gasteiger partial charge is 0.233 e. The summed E-state index contributed by atoms with van der Waals surface area (Å²) >= 11 is 1.46. The summed E-state index contributed by atoms with van der Waals surface area (Å²) in [6, 6.07) is 8.36. The molecule has 1 aliphatic rings. The Balaban J connectivity index is 1.66. The highest BCUT2D eigenvalue weighted by Gasteiger charge is 2.27. The summed E-state index contributed by atoms with van der Waals surface area (Å²) in [6.45, 7) is 4.22. The lowest BCUT2D eigenvalue weighted by Gasteiger charge is -2.37. The molecule has 1 heterocycles. The molecule has 1 aromatic carbocycles. The quantitative estimate of drug-likeness (QED) is 0.651. The number of thioether (sulfide) groups is 1. The number of ether oxygens (including phenoxy) is 1. The molecule has 0 bridgehead atoms. The first kappa shape index (κ1) is 20.7. The molecule has 1 saturated carbocycles. The fraction of sp³-hybridized carbons (Fsp3) is 0.571. The van der Waals surface area contributed by atoms with Gasteiger partial charge in [-0.25, -0.2) is 0 Å². The second kappa shape index (κ2) is 9.45. The molecular weight excluding hydrogens is 372 g/mol. The Morgan fingerprint density at radius 1 is 1.21 bits per heavy atom. The zero-order valence-electron chi connectivity index (χ0n) is 17.2. The average molecular weight is 403 g/mol. The molecule has 6 nitrogen and oxygen atoms in total. The van der Waals surface area contributed by atoms with Crippen LogP contribution in [0.25, 0.3) is 11.4 Å². The zero-order valence-corrected chi connectivity index (χ0v) is 18.0. The Morgan fingerprint density at radius 2 is 1.89 bits per heavy atom. The van der Waals surface area contributed by atoms with Crippen molar-refractivity contribution in [3.05, 3.63) is 24.3 Å². The van der Waals surface area contributed by atoms with E-state index in [1.165, 1.54) is 31.0 Å². The standard InChI is InChI=1S/C21H30N4O2S/c1-15(2)25(17-8-6-5-7-9-17)19(26)14-28-21-23-22-20(24(21)3)16-10-12-18(27-4)13-11-16/h10-13,15,17H,5-9,14H2,1-4H3. The first-order valence-corrected chi connectivity index (χ1v) is 11.0. The highest BCUT2D eigenvalue weighted by Crippen LogP contribution is 2.27. The third-order valence-electron chi connectivity index (χ3n) is 5.32. The molecule has 2 aromatic rings. The van der Waals surface area contributed by atoms with E-state index in [0.29, 0.717) is 11.8 Å². The maximum absolute atomic E-state index is 12.9. The van der Waals surface area contributed by atoms with Gasteiger partial charge >= 0.3 is 0 Å². The number of aromatic nitrogens is 3. The molecule has 0 spiro atoms. The molecule has 1 aromatic heterocycles. The lowest BCUT2D eigenvalue weighted by Crippen LogP contribution is -2.46. The van der Waals surface area contributed by atoms with Gasteiger partial charge in [-0.3, -0.25) is 4.79 Å². The summed E-state index contributed by atoms with van der Waals surface area (Å²) < 4.78 is 7.15. The number of methoxy groups -OCH3 is 1. The van der Waals surface area contributed by atoms with Crippen molar-refractivity contribution in [3.63, 3.8) is 0 Å². The van der Waals surface area contributed by atoms with E-state index in [1.807, 2.05) is 35.9 Å². The van der Waals surface area contributed by atoms with E-state index in [1.54, 1.807) is 7.11 Å². The van der Waals surface area contributed by atoms with Crippen LogP contribution in [0.2, 0.25) is 0 Å². The van der Waals surface area contributed by atoms with Crippen LogP contribution in [0, 0.1) is 0 Å². The van der Waals surface area contributed by atoms with Crippen molar-refractivity contribution in [1.82, 2.24) is 19.7 Å². The summed E-state index contributed by atoms with van der Waals surface area (Å²) in [5.41, 5.74) is 0.972. The molecular formula is C21H30N4O2S. The minimum atomic E-state index is 0.195. The van der Waals surface area contributed by atoms with E-state index in [9.17, 15) is 4.79 Å². The number of carbonyl (C=O) groups is 1. The molecule has 28 heavy (non-hydrogen) atoms. The summed E-state index contributed by atoms with van der Waals surface area (Å²) in [5, 5.41) is 9.37. The number of rotatable bonds is 7. The second-order valence-corrected chi connectivity index (χ2v) is 8.51. The van der Waals surface area contributed by atoms with Gasteiger partial charge in [-0.15, -0.1) is 10.2 Å². The number of hydrogen-bond acceptors (Lipinski definition) is 5. The van der Waals surface area contributed by atoms with Gasteiger partial charge in [0, 0.05) is 24.7 Å². The number of nitrogens with zero attached hydrogens (tertiary/aromatic N) is 4. The Hall–Kier alpha value is -2.02. The van der Waals surface area contributed by atoms with Crippen molar-refractivity contribution in [2.75, 3.05) is 12.9 Å². The Bertz CT molecular complexity index is 782. The lowest BCUT2D eigenvalue weighted by molar-refractivity contribution is -0.133. The Labute approximate surface area is 171 Å². The van der Waals surface area contributed by atoms with Crippen LogP contribution < -0.4 is 4.74 Å². The molecule has 0 radical (unpaired) electrons. The van der Waals surface area contributed by atoms with Gasteiger partial charge in [0.2, 0.25) is 5.91 Å². The number of amides is 1. The fourth-order valence-electron chi connectivity index (χ4n) is 3.91. The van der Waals surface area contributed by atoms with Gasteiger partial charge in [-0.2, -0.15) is 0 Å². The van der Waals surface area contributed by atoms with Crippen molar-refractivity contribution in [2.45, 2.75) is 63.2 Å². The Kier molecular flexibility index (Phi) is 6.99. The predicted molar refractivity (Wildman–Crippen MR) is 113 cm³/mol. The summed E-state index contributed by atoms with van der Waals surface area (Å²) in [4.78, 5) is 15.0. The molecule has 1 fully saturated rings. The van der Waals surface area contributed by atoms with Gasteiger partial charge in [0.1, 0.15) is 5.75 Å². The lowest BCUT2D eigenvalue weighted by atomic mass is 9.93. The zero-order chi connectivity index (χ0) is 20.1. The van der Waals surface area contributed by atoms with E-state index in [2.05, 4.69) is 28.9 Å². The van der Waals surface area contributed by atoms with E-state index >= 15 is 0 Å². The third-order valence-corrected chi connectivity index (χ3v) is 6.33. The van der Waals surface area contributed by atoms with Crippen LogP contribution in [0.4, 0.5) is 0 Å². The number of benzene rings is 1. The van der Waals surface area contributed by atoms with Crippen LogP contribution in [-0.2, 0) is 11.8 Å². The number of carbonyl (C=O) groups excluding carboxylic acids is 1. The normalized spacial score (nSPS) is 15.0. The highest BCUT2D eigenvalue weighted by molar-refractivity contribution is 7.99. The molecule has 1 aliphatic carbocycles. The van der Waals surface area contributed by atoms with Crippen molar-refractivity contribution < 1.29 is 9.53 Å². The molecule has 7 heteroatoms. The number of hydrogen-bond donors (Lipinski definition) is 0. The topological polar surface area (TPSA) is 60.3 Å². The van der Waals surface area contributed by atoms with Gasteiger partial charge < -0.3 is 14.2 Å². The molecule has 3 rings (SSSR count). The molecule has 0 unspecified atom stereocenters. The summed E-state index contributed by atoms with van der Waals surface area (Å²) in [7, 11) is 3.59. The van der Waals surface area contributed by atoms with E-state index in [0.717, 1.165) is 35.1 Å². The highest BCUT2D eigenvalue weighted by atomic mass is 32.2.